The van der Waals surface area contributed by atoms with Crippen molar-refractivity contribution in [1.82, 2.24) is 5.32 Å². The van der Waals surface area contributed by atoms with Gasteiger partial charge in [0.05, 0.1) is 0 Å². The van der Waals surface area contributed by atoms with Crippen LogP contribution in [-0.4, -0.2) is 18.8 Å². The minimum Gasteiger partial charge on any atom is -0.484 e. The molecule has 0 saturated carbocycles. The molecular formula is C16H14ClNO3. The maximum Gasteiger partial charge on any atom is 0.258 e. The first-order valence-electron chi connectivity index (χ1n) is 6.36. The molecule has 4 nitrogen and oxygen atoms in total. The van der Waals surface area contributed by atoms with Crippen molar-refractivity contribution in [2.24, 2.45) is 0 Å². The fourth-order valence-electron chi connectivity index (χ4n) is 1.68. The highest BCUT2D eigenvalue weighted by Gasteiger charge is 2.03. The van der Waals surface area contributed by atoms with Gasteiger partial charge >= 0.3 is 0 Å². The summed E-state index contributed by atoms with van der Waals surface area (Å²) in [5, 5.41) is 3.40. The number of nitrogens with one attached hydrogen (secondary N) is 1. The number of hydrogen-bond donors (Lipinski definition) is 1. The zero-order valence-electron chi connectivity index (χ0n) is 11.2. The SMILES string of the molecule is O=Cc1cccc(OCC(=O)NCc2ccc(Cl)cc2)c1. The average Bonchev–Trinajstić information content (AvgIpc) is 2.52. The molecule has 0 fully saturated rings. The quantitative estimate of drug-likeness (QED) is 0.835. The van der Waals surface area contributed by atoms with Crippen LogP contribution < -0.4 is 10.1 Å². The summed E-state index contributed by atoms with van der Waals surface area (Å²) in [6.07, 6.45) is 0.730. The van der Waals surface area contributed by atoms with Crippen molar-refractivity contribution in [2.75, 3.05) is 6.61 Å². The van der Waals surface area contributed by atoms with Crippen LogP contribution in [0, 0.1) is 0 Å². The van der Waals surface area contributed by atoms with Gasteiger partial charge in [-0.1, -0.05) is 35.9 Å². The molecule has 5 heteroatoms. The van der Waals surface area contributed by atoms with Crippen LogP contribution >= 0.6 is 11.6 Å². The lowest BCUT2D eigenvalue weighted by Gasteiger charge is -2.08. The van der Waals surface area contributed by atoms with Crippen LogP contribution in [-0.2, 0) is 11.3 Å². The predicted octanol–water partition coefficient (Wildman–Crippen LogP) is 2.85. The maximum atomic E-state index is 11.7. The van der Waals surface area contributed by atoms with Gasteiger partial charge in [-0.2, -0.15) is 0 Å². The van der Waals surface area contributed by atoms with Crippen molar-refractivity contribution in [3.63, 3.8) is 0 Å². The number of hydrogen-bond acceptors (Lipinski definition) is 3. The van der Waals surface area contributed by atoms with Crippen LogP contribution in [0.3, 0.4) is 0 Å². The Hall–Kier alpha value is -2.33. The molecule has 0 heterocycles. The summed E-state index contributed by atoms with van der Waals surface area (Å²) in [7, 11) is 0. The van der Waals surface area contributed by atoms with Crippen molar-refractivity contribution in [3.8, 4) is 5.75 Å². The predicted molar refractivity (Wildman–Crippen MR) is 80.6 cm³/mol. The van der Waals surface area contributed by atoms with Crippen molar-refractivity contribution in [1.29, 1.82) is 0 Å². The lowest BCUT2D eigenvalue weighted by Crippen LogP contribution is -2.28. The molecule has 1 amide bonds. The van der Waals surface area contributed by atoms with Gasteiger partial charge < -0.3 is 10.1 Å². The van der Waals surface area contributed by atoms with Gasteiger partial charge in [0, 0.05) is 17.1 Å². The summed E-state index contributed by atoms with van der Waals surface area (Å²) in [4.78, 5) is 22.3. The van der Waals surface area contributed by atoms with Crippen molar-refractivity contribution in [2.45, 2.75) is 6.54 Å². The Morgan fingerprint density at radius 1 is 1.19 bits per heavy atom. The first kappa shape index (κ1) is 15.1. The third-order valence-electron chi connectivity index (χ3n) is 2.77. The minimum absolute atomic E-state index is 0.101. The summed E-state index contributed by atoms with van der Waals surface area (Å²) in [5.74, 6) is 0.252. The van der Waals surface area contributed by atoms with E-state index in [9.17, 15) is 9.59 Å². The number of ether oxygens (including phenoxy) is 1. The van der Waals surface area contributed by atoms with Gasteiger partial charge in [-0.15, -0.1) is 0 Å². The van der Waals surface area contributed by atoms with E-state index in [1.54, 1.807) is 36.4 Å². The molecule has 1 N–H and O–H groups in total. The van der Waals surface area contributed by atoms with E-state index in [0.717, 1.165) is 11.8 Å². The third kappa shape index (κ3) is 4.93. The molecule has 2 aromatic carbocycles. The van der Waals surface area contributed by atoms with Gasteiger partial charge in [-0.05, 0) is 29.8 Å². The first-order chi connectivity index (χ1) is 10.2. The molecule has 0 aliphatic rings. The largest absolute Gasteiger partial charge is 0.484 e. The van der Waals surface area contributed by atoms with E-state index in [1.807, 2.05) is 12.1 Å². The van der Waals surface area contributed by atoms with Gasteiger partial charge in [0.25, 0.3) is 5.91 Å². The molecule has 0 bridgehead atoms. The van der Waals surface area contributed by atoms with Crippen LogP contribution in [0.25, 0.3) is 0 Å². The Kier molecular flexibility index (Phi) is 5.35. The Labute approximate surface area is 127 Å². The molecule has 21 heavy (non-hydrogen) atoms. The van der Waals surface area contributed by atoms with Crippen LogP contribution in [0.5, 0.6) is 5.75 Å². The molecule has 2 rings (SSSR count). The highest BCUT2D eigenvalue weighted by molar-refractivity contribution is 6.30. The van der Waals surface area contributed by atoms with Crippen LogP contribution in [0.2, 0.25) is 5.02 Å². The van der Waals surface area contributed by atoms with E-state index in [0.29, 0.717) is 22.9 Å². The van der Waals surface area contributed by atoms with Crippen LogP contribution in [0.1, 0.15) is 15.9 Å². The van der Waals surface area contributed by atoms with Crippen molar-refractivity contribution < 1.29 is 14.3 Å². The van der Waals surface area contributed by atoms with E-state index < -0.39 is 0 Å². The van der Waals surface area contributed by atoms with Gasteiger partial charge in [0.15, 0.2) is 6.61 Å². The lowest BCUT2D eigenvalue weighted by atomic mass is 10.2. The minimum atomic E-state index is -0.235. The molecule has 0 unspecified atom stereocenters. The number of aldehydes is 1. The molecule has 0 atom stereocenters. The number of halogens is 1. The number of carbonyl (C=O) groups excluding carboxylic acids is 2. The second kappa shape index (κ2) is 7.45. The van der Waals surface area contributed by atoms with E-state index in [1.165, 1.54) is 0 Å². The highest BCUT2D eigenvalue weighted by atomic mass is 35.5. The molecule has 0 aliphatic carbocycles. The number of benzene rings is 2. The second-order valence-electron chi connectivity index (χ2n) is 4.38. The monoisotopic (exact) mass is 303 g/mol. The molecule has 0 aliphatic heterocycles. The fourth-order valence-corrected chi connectivity index (χ4v) is 1.81. The maximum absolute atomic E-state index is 11.7. The topological polar surface area (TPSA) is 55.4 Å². The van der Waals surface area contributed by atoms with Crippen molar-refractivity contribution >= 4 is 23.8 Å². The smallest absolute Gasteiger partial charge is 0.258 e. The Balaban J connectivity index is 1.79. The van der Waals surface area contributed by atoms with Gasteiger partial charge in [-0.3, -0.25) is 9.59 Å². The zero-order chi connectivity index (χ0) is 15.1. The Bertz CT molecular complexity index is 626. The zero-order valence-corrected chi connectivity index (χ0v) is 12.0. The highest BCUT2D eigenvalue weighted by Crippen LogP contribution is 2.12. The van der Waals surface area contributed by atoms with Crippen LogP contribution in [0.4, 0.5) is 0 Å². The molecular weight excluding hydrogens is 290 g/mol. The summed E-state index contributed by atoms with van der Waals surface area (Å²) in [5.41, 5.74) is 1.46. The summed E-state index contributed by atoms with van der Waals surface area (Å²) in [6, 6.07) is 13.9. The molecule has 108 valence electrons. The lowest BCUT2D eigenvalue weighted by molar-refractivity contribution is -0.123. The Morgan fingerprint density at radius 3 is 2.67 bits per heavy atom. The average molecular weight is 304 g/mol. The first-order valence-corrected chi connectivity index (χ1v) is 6.74. The van der Waals surface area contributed by atoms with Gasteiger partial charge in [-0.25, -0.2) is 0 Å². The molecule has 0 spiro atoms. The third-order valence-corrected chi connectivity index (χ3v) is 3.02. The van der Waals surface area contributed by atoms with Crippen molar-refractivity contribution in [3.05, 3.63) is 64.7 Å². The number of carbonyl (C=O) groups is 2. The van der Waals surface area contributed by atoms with Crippen LogP contribution in [0.15, 0.2) is 48.5 Å². The van der Waals surface area contributed by atoms with E-state index in [-0.39, 0.29) is 12.5 Å². The van der Waals surface area contributed by atoms with E-state index >= 15 is 0 Å². The van der Waals surface area contributed by atoms with E-state index in [4.69, 9.17) is 16.3 Å². The number of amides is 1. The molecule has 2 aromatic rings. The normalized spacial score (nSPS) is 9.95. The van der Waals surface area contributed by atoms with Gasteiger partial charge in [0.1, 0.15) is 12.0 Å². The number of rotatable bonds is 6. The van der Waals surface area contributed by atoms with Gasteiger partial charge in [0.2, 0.25) is 0 Å². The Morgan fingerprint density at radius 2 is 1.95 bits per heavy atom. The van der Waals surface area contributed by atoms with E-state index in [2.05, 4.69) is 5.32 Å². The molecule has 0 saturated heterocycles. The standard InChI is InChI=1S/C16H14ClNO3/c17-14-6-4-12(5-7-14)9-18-16(20)11-21-15-3-1-2-13(8-15)10-19/h1-8,10H,9,11H2,(H,18,20). The summed E-state index contributed by atoms with van der Waals surface area (Å²) >= 11 is 5.78. The second-order valence-corrected chi connectivity index (χ2v) is 4.82. The molecule has 0 aromatic heterocycles. The summed E-state index contributed by atoms with van der Waals surface area (Å²) in [6.45, 7) is 0.309. The summed E-state index contributed by atoms with van der Waals surface area (Å²) < 4.78 is 5.33. The fraction of sp³-hybridized carbons (Fsp3) is 0.125. The molecule has 0 radical (unpaired) electrons.